The number of rotatable bonds is 6. The van der Waals surface area contributed by atoms with Gasteiger partial charge >= 0.3 is 0 Å². The van der Waals surface area contributed by atoms with Crippen LogP contribution in [-0.4, -0.2) is 17.3 Å². The van der Waals surface area contributed by atoms with Crippen molar-refractivity contribution in [1.29, 1.82) is 0 Å². The Morgan fingerprint density at radius 1 is 1.39 bits per heavy atom. The zero-order chi connectivity index (χ0) is 12.8. The summed E-state index contributed by atoms with van der Waals surface area (Å²) < 4.78 is 10.5. The van der Waals surface area contributed by atoms with Crippen LogP contribution in [0, 0.1) is 0 Å². The molecule has 1 heterocycles. The predicted octanol–water partition coefficient (Wildman–Crippen LogP) is 2.87. The summed E-state index contributed by atoms with van der Waals surface area (Å²) in [7, 11) is 0. The average molecular weight is 264 g/mol. The number of nitrogens with zero attached hydrogens (tertiary/aromatic N) is 1. The highest BCUT2D eigenvalue weighted by molar-refractivity contribution is 7.99. The van der Waals surface area contributed by atoms with Gasteiger partial charge in [0.25, 0.3) is 5.22 Å². The van der Waals surface area contributed by atoms with Crippen LogP contribution in [0.5, 0.6) is 5.75 Å². The van der Waals surface area contributed by atoms with Gasteiger partial charge in [-0.3, -0.25) is 0 Å². The zero-order valence-electron chi connectivity index (χ0n) is 10.2. The van der Waals surface area contributed by atoms with E-state index >= 15 is 0 Å². The van der Waals surface area contributed by atoms with E-state index < -0.39 is 0 Å². The first-order chi connectivity index (χ1) is 8.79. The molecule has 96 valence electrons. The minimum absolute atomic E-state index is 0.0439. The first-order valence-corrected chi connectivity index (χ1v) is 6.78. The molecule has 0 bridgehead atoms. The Labute approximate surface area is 111 Å². The maximum Gasteiger partial charge on any atom is 0.255 e. The molecule has 2 aromatic rings. The number of nitrogens with two attached hydrogens (primary N) is 1. The summed E-state index contributed by atoms with van der Waals surface area (Å²) in [6, 6.07) is 7.82. The predicted molar refractivity (Wildman–Crippen MR) is 71.8 cm³/mol. The second-order valence-corrected chi connectivity index (χ2v) is 4.69. The number of hydrogen-bond donors (Lipinski definition) is 1. The minimum Gasteiger partial charge on any atom is -0.494 e. The van der Waals surface area contributed by atoms with Crippen molar-refractivity contribution < 1.29 is 9.15 Å². The first-order valence-electron chi connectivity index (χ1n) is 5.80. The Balaban J connectivity index is 1.89. The number of oxazole rings is 1. The number of hydrogen-bond acceptors (Lipinski definition) is 5. The van der Waals surface area contributed by atoms with Crippen LogP contribution in [0.25, 0.3) is 0 Å². The largest absolute Gasteiger partial charge is 0.494 e. The van der Waals surface area contributed by atoms with Crippen molar-refractivity contribution in [2.45, 2.75) is 18.2 Å². The van der Waals surface area contributed by atoms with E-state index in [2.05, 4.69) is 4.98 Å². The average Bonchev–Trinajstić information content (AvgIpc) is 2.90. The van der Waals surface area contributed by atoms with Gasteiger partial charge in [-0.1, -0.05) is 23.9 Å². The van der Waals surface area contributed by atoms with Crippen LogP contribution in [0.1, 0.15) is 18.5 Å². The Morgan fingerprint density at radius 2 is 2.17 bits per heavy atom. The fraction of sp³-hybridized carbons (Fsp3) is 0.308. The number of thioether (sulfide) groups is 1. The lowest BCUT2D eigenvalue weighted by Gasteiger charge is -2.11. The van der Waals surface area contributed by atoms with Crippen molar-refractivity contribution in [3.8, 4) is 5.75 Å². The molecule has 1 aromatic carbocycles. The Bertz CT molecular complexity index is 456. The molecule has 0 aliphatic heterocycles. The van der Waals surface area contributed by atoms with Gasteiger partial charge < -0.3 is 14.9 Å². The van der Waals surface area contributed by atoms with Gasteiger partial charge in [0, 0.05) is 11.8 Å². The van der Waals surface area contributed by atoms with Crippen molar-refractivity contribution >= 4 is 11.8 Å². The molecule has 0 fully saturated rings. The number of aromatic nitrogens is 1. The van der Waals surface area contributed by atoms with E-state index in [9.17, 15) is 0 Å². The molecular formula is C13H16N2O2S. The lowest BCUT2D eigenvalue weighted by Crippen LogP contribution is -2.12. The van der Waals surface area contributed by atoms with Gasteiger partial charge in [-0.2, -0.15) is 0 Å². The maximum absolute atomic E-state index is 6.10. The standard InChI is InChI=1S/C13H16N2O2S/c1-2-16-11-5-3-10(4-6-11)12(14)9-18-13-15-7-8-17-13/h3-8,12H,2,9,14H2,1H3. The Morgan fingerprint density at radius 3 is 2.78 bits per heavy atom. The molecule has 0 saturated heterocycles. The minimum atomic E-state index is -0.0439. The molecule has 0 aliphatic carbocycles. The third-order valence-electron chi connectivity index (χ3n) is 2.42. The van der Waals surface area contributed by atoms with Gasteiger partial charge in [0.1, 0.15) is 12.0 Å². The van der Waals surface area contributed by atoms with Crippen LogP contribution in [-0.2, 0) is 0 Å². The van der Waals surface area contributed by atoms with Crippen LogP contribution in [0.3, 0.4) is 0 Å². The monoisotopic (exact) mass is 264 g/mol. The molecule has 0 aliphatic rings. The van der Waals surface area contributed by atoms with Gasteiger partial charge in [-0.05, 0) is 24.6 Å². The first kappa shape index (κ1) is 13.0. The molecule has 1 atom stereocenters. The quantitative estimate of drug-likeness (QED) is 0.813. The molecule has 0 radical (unpaired) electrons. The molecule has 1 unspecified atom stereocenters. The van der Waals surface area contributed by atoms with Crippen molar-refractivity contribution in [3.05, 3.63) is 42.3 Å². The fourth-order valence-electron chi connectivity index (χ4n) is 1.52. The van der Waals surface area contributed by atoms with Crippen LogP contribution in [0.15, 0.2) is 46.4 Å². The van der Waals surface area contributed by atoms with E-state index in [-0.39, 0.29) is 6.04 Å². The molecule has 5 heteroatoms. The van der Waals surface area contributed by atoms with Gasteiger partial charge in [-0.25, -0.2) is 4.98 Å². The number of benzene rings is 1. The van der Waals surface area contributed by atoms with Crippen molar-refractivity contribution in [1.82, 2.24) is 4.98 Å². The zero-order valence-corrected chi connectivity index (χ0v) is 11.0. The molecule has 1 aromatic heterocycles. The third-order valence-corrected chi connectivity index (χ3v) is 3.39. The van der Waals surface area contributed by atoms with Gasteiger partial charge in [-0.15, -0.1) is 0 Å². The summed E-state index contributed by atoms with van der Waals surface area (Å²) in [6.45, 7) is 2.64. The third kappa shape index (κ3) is 3.51. The van der Waals surface area contributed by atoms with Crippen molar-refractivity contribution in [2.75, 3.05) is 12.4 Å². The molecule has 4 nitrogen and oxygen atoms in total. The fourth-order valence-corrected chi connectivity index (χ4v) is 2.29. The molecule has 0 saturated carbocycles. The molecule has 2 N–H and O–H groups in total. The summed E-state index contributed by atoms with van der Waals surface area (Å²) in [4.78, 5) is 4.04. The van der Waals surface area contributed by atoms with Gasteiger partial charge in [0.15, 0.2) is 0 Å². The van der Waals surface area contributed by atoms with E-state index in [1.165, 1.54) is 11.8 Å². The Hall–Kier alpha value is -1.46. The molecule has 18 heavy (non-hydrogen) atoms. The maximum atomic E-state index is 6.10. The normalized spacial score (nSPS) is 12.3. The summed E-state index contributed by atoms with van der Waals surface area (Å²) in [5.41, 5.74) is 7.19. The van der Waals surface area contributed by atoms with E-state index in [1.807, 2.05) is 31.2 Å². The molecule has 0 amide bonds. The lowest BCUT2D eigenvalue weighted by molar-refractivity contribution is 0.340. The second-order valence-electron chi connectivity index (χ2n) is 3.72. The SMILES string of the molecule is CCOc1ccc(C(N)CSc2ncco2)cc1. The Kier molecular flexibility index (Phi) is 4.66. The highest BCUT2D eigenvalue weighted by atomic mass is 32.2. The lowest BCUT2D eigenvalue weighted by atomic mass is 10.1. The summed E-state index contributed by atoms with van der Waals surface area (Å²) in [6.07, 6.45) is 3.19. The highest BCUT2D eigenvalue weighted by Crippen LogP contribution is 2.23. The topological polar surface area (TPSA) is 61.3 Å². The van der Waals surface area contributed by atoms with Crippen molar-refractivity contribution in [3.63, 3.8) is 0 Å². The van der Waals surface area contributed by atoms with Crippen LogP contribution >= 0.6 is 11.8 Å². The second kappa shape index (κ2) is 6.47. The van der Waals surface area contributed by atoms with Gasteiger partial charge in [0.2, 0.25) is 0 Å². The van der Waals surface area contributed by atoms with Gasteiger partial charge in [0.05, 0.1) is 12.8 Å². The van der Waals surface area contributed by atoms with Crippen LogP contribution in [0.2, 0.25) is 0 Å². The van der Waals surface area contributed by atoms with E-state index in [1.54, 1.807) is 12.5 Å². The van der Waals surface area contributed by atoms with Crippen molar-refractivity contribution in [2.24, 2.45) is 5.73 Å². The summed E-state index contributed by atoms with van der Waals surface area (Å²) >= 11 is 1.51. The number of ether oxygens (including phenoxy) is 1. The molecule has 0 spiro atoms. The highest BCUT2D eigenvalue weighted by Gasteiger charge is 2.08. The summed E-state index contributed by atoms with van der Waals surface area (Å²) in [5, 5.41) is 0.649. The van der Waals surface area contributed by atoms with Crippen LogP contribution in [0.4, 0.5) is 0 Å². The molecule has 2 rings (SSSR count). The smallest absolute Gasteiger partial charge is 0.255 e. The van der Waals surface area contributed by atoms with E-state index in [4.69, 9.17) is 14.9 Å². The van der Waals surface area contributed by atoms with E-state index in [0.717, 1.165) is 17.1 Å². The molecular weight excluding hydrogens is 248 g/mol. The van der Waals surface area contributed by atoms with Crippen LogP contribution < -0.4 is 10.5 Å². The summed E-state index contributed by atoms with van der Waals surface area (Å²) in [5.74, 6) is 1.60. The van der Waals surface area contributed by atoms with E-state index in [0.29, 0.717) is 11.8 Å².